The van der Waals surface area contributed by atoms with Crippen LogP contribution in [0.4, 0.5) is 24.5 Å². The highest BCUT2D eigenvalue weighted by Gasteiger charge is 2.32. The molecule has 0 aliphatic heterocycles. The number of carboxylic acid groups (broad SMARTS) is 1. The van der Waals surface area contributed by atoms with Gasteiger partial charge in [0.15, 0.2) is 5.69 Å². The summed E-state index contributed by atoms with van der Waals surface area (Å²) in [6, 6.07) is 8.78. The van der Waals surface area contributed by atoms with Crippen LogP contribution in [0.15, 0.2) is 48.2 Å². The van der Waals surface area contributed by atoms with E-state index < -0.39 is 30.2 Å². The van der Waals surface area contributed by atoms with Gasteiger partial charge in [0.25, 0.3) is 5.91 Å². The lowest BCUT2D eigenvalue weighted by Crippen LogP contribution is -2.72. The quantitative estimate of drug-likeness (QED) is 0.232. The van der Waals surface area contributed by atoms with Crippen molar-refractivity contribution in [3.8, 4) is 11.8 Å². The van der Waals surface area contributed by atoms with Crippen LogP contribution in [-0.2, 0) is 15.8 Å². The third kappa shape index (κ3) is 8.33. The molecule has 0 saturated carbocycles. The highest BCUT2D eigenvalue weighted by Crippen LogP contribution is 2.32. The lowest BCUT2D eigenvalue weighted by Gasteiger charge is -2.23. The maximum Gasteiger partial charge on any atom is 0.416 e. The Morgan fingerprint density at radius 3 is 2.39 bits per heavy atom. The minimum absolute atomic E-state index is 0.0180. The number of nitrogens with zero attached hydrogens (tertiary/aromatic N) is 2. The number of nitrogens with two attached hydrogens (primary N) is 1. The number of alkyl halides is 3. The van der Waals surface area contributed by atoms with Gasteiger partial charge in [0, 0.05) is 17.5 Å². The normalized spacial score (nSPS) is 12.0. The van der Waals surface area contributed by atoms with E-state index in [4.69, 9.17) is 21.7 Å². The van der Waals surface area contributed by atoms with Crippen molar-refractivity contribution in [3.63, 3.8) is 0 Å². The van der Waals surface area contributed by atoms with E-state index in [1.165, 1.54) is 25.1 Å². The number of nitrogens with one attached hydrogen (secondary N) is 1. The van der Waals surface area contributed by atoms with E-state index in [-0.39, 0.29) is 44.4 Å². The molecule has 0 bridgehead atoms. The fraction of sp³-hybridized carbons (Fsp3) is 0.308. The van der Waals surface area contributed by atoms with Gasteiger partial charge in [0.05, 0.1) is 17.7 Å². The fourth-order valence-electron chi connectivity index (χ4n) is 3.13. The van der Waals surface area contributed by atoms with Crippen LogP contribution in [-0.4, -0.2) is 35.8 Å². The molecule has 0 spiro atoms. The SMILES string of the molecule is CC(=N)/C(=C\[NH2+]c1cc(C(F)(F)F)ccc1Cl)C(=O)N(CC(=O)O)c1ccc(OCC(C)(C)C)c(C#N)c1. The summed E-state index contributed by atoms with van der Waals surface area (Å²) in [4.78, 5) is 25.8. The Kier molecular flexibility index (Phi) is 9.67. The average Bonchev–Trinajstić information content (AvgIpc) is 2.80. The molecule has 1 amide bonds. The molecule has 8 nitrogen and oxygen atoms in total. The second-order valence-electron chi connectivity index (χ2n) is 9.53. The van der Waals surface area contributed by atoms with Crippen LogP contribution in [0.3, 0.4) is 0 Å². The Morgan fingerprint density at radius 2 is 1.87 bits per heavy atom. The predicted octanol–water partition coefficient (Wildman–Crippen LogP) is 4.89. The second-order valence-corrected chi connectivity index (χ2v) is 9.94. The van der Waals surface area contributed by atoms with E-state index >= 15 is 0 Å². The first kappa shape index (κ1) is 30.3. The number of halogens is 4. The van der Waals surface area contributed by atoms with Crippen molar-refractivity contribution >= 4 is 40.6 Å². The number of carbonyl (C=O) groups excluding carboxylic acids is 1. The van der Waals surface area contributed by atoms with Crippen molar-refractivity contribution in [1.82, 2.24) is 0 Å². The summed E-state index contributed by atoms with van der Waals surface area (Å²) >= 11 is 6.02. The molecule has 4 N–H and O–H groups in total. The first-order valence-corrected chi connectivity index (χ1v) is 11.6. The third-order valence-corrected chi connectivity index (χ3v) is 5.33. The molecule has 0 aromatic heterocycles. The molecule has 0 aliphatic carbocycles. The molecule has 38 heavy (non-hydrogen) atoms. The zero-order valence-electron chi connectivity index (χ0n) is 21.1. The van der Waals surface area contributed by atoms with Crippen molar-refractivity contribution < 1.29 is 37.9 Å². The number of carboxylic acids is 1. The third-order valence-electron chi connectivity index (χ3n) is 4.98. The molecular weight excluding hydrogens is 525 g/mol. The Bertz CT molecular complexity index is 1310. The Morgan fingerprint density at radius 1 is 1.21 bits per heavy atom. The molecule has 0 heterocycles. The first-order chi connectivity index (χ1) is 17.5. The summed E-state index contributed by atoms with van der Waals surface area (Å²) < 4.78 is 45.0. The van der Waals surface area contributed by atoms with Crippen LogP contribution in [0, 0.1) is 22.2 Å². The average molecular weight is 552 g/mol. The number of hydrogen-bond acceptors (Lipinski definition) is 5. The molecule has 0 aliphatic rings. The summed E-state index contributed by atoms with van der Waals surface area (Å²) in [6.45, 7) is 6.59. The van der Waals surface area contributed by atoms with Gasteiger partial charge in [0.1, 0.15) is 35.2 Å². The van der Waals surface area contributed by atoms with Gasteiger partial charge < -0.3 is 15.3 Å². The minimum atomic E-state index is -4.62. The Hall–Kier alpha value is -3.88. The maximum absolute atomic E-state index is 13.4. The number of quaternary nitrogens is 1. The monoisotopic (exact) mass is 551 g/mol. The number of aliphatic carboxylic acids is 1. The number of carbonyl (C=O) groups is 2. The first-order valence-electron chi connectivity index (χ1n) is 11.2. The number of ether oxygens (including phenoxy) is 1. The minimum Gasteiger partial charge on any atom is -0.492 e. The Balaban J connectivity index is 2.47. The summed E-state index contributed by atoms with van der Waals surface area (Å²) in [7, 11) is 0. The molecule has 0 unspecified atom stereocenters. The largest absolute Gasteiger partial charge is 0.492 e. The zero-order chi connectivity index (χ0) is 28.8. The van der Waals surface area contributed by atoms with Crippen LogP contribution in [0.5, 0.6) is 5.75 Å². The summed E-state index contributed by atoms with van der Waals surface area (Å²) in [5.41, 5.74) is -1.63. The van der Waals surface area contributed by atoms with E-state index in [1.54, 1.807) is 0 Å². The molecule has 2 aromatic carbocycles. The van der Waals surface area contributed by atoms with Gasteiger partial charge in [0.2, 0.25) is 0 Å². The van der Waals surface area contributed by atoms with E-state index in [0.717, 1.165) is 34.6 Å². The zero-order valence-corrected chi connectivity index (χ0v) is 21.9. The lowest BCUT2D eigenvalue weighted by molar-refractivity contribution is -0.496. The van der Waals surface area contributed by atoms with Crippen LogP contribution in [0.2, 0.25) is 5.02 Å². The van der Waals surface area contributed by atoms with Gasteiger partial charge in [-0.15, -0.1) is 0 Å². The van der Waals surface area contributed by atoms with E-state index in [9.17, 15) is 33.1 Å². The summed E-state index contributed by atoms with van der Waals surface area (Å²) in [5, 5.41) is 28.2. The second kappa shape index (κ2) is 12.1. The molecule has 2 aromatic rings. The lowest BCUT2D eigenvalue weighted by atomic mass is 9.98. The van der Waals surface area contributed by atoms with Crippen LogP contribution >= 0.6 is 11.6 Å². The van der Waals surface area contributed by atoms with Crippen molar-refractivity contribution in [2.75, 3.05) is 18.1 Å². The number of anilines is 1. The molecule has 12 heteroatoms. The van der Waals surface area contributed by atoms with Crippen LogP contribution in [0.1, 0.15) is 38.8 Å². The number of nitriles is 1. The molecule has 202 valence electrons. The summed E-state index contributed by atoms with van der Waals surface area (Å²) in [5.74, 6) is -2.02. The maximum atomic E-state index is 13.4. The van der Waals surface area contributed by atoms with Gasteiger partial charge >= 0.3 is 12.1 Å². The predicted molar refractivity (Wildman–Crippen MR) is 136 cm³/mol. The van der Waals surface area contributed by atoms with Crippen molar-refractivity contribution in [2.24, 2.45) is 5.41 Å². The van der Waals surface area contributed by atoms with Crippen molar-refractivity contribution in [1.29, 1.82) is 10.7 Å². The van der Waals surface area contributed by atoms with Gasteiger partial charge in [-0.1, -0.05) is 32.4 Å². The summed E-state index contributed by atoms with van der Waals surface area (Å²) in [6.07, 6.45) is -3.51. The molecule has 0 saturated heterocycles. The fourth-order valence-corrected chi connectivity index (χ4v) is 3.31. The molecule has 2 rings (SSSR count). The van der Waals surface area contributed by atoms with E-state index in [1.807, 2.05) is 26.8 Å². The molecular formula is C26H27ClF3N4O4+. The topological polar surface area (TPSA) is 131 Å². The molecule has 0 fully saturated rings. The number of amides is 1. The number of hydrogen-bond donors (Lipinski definition) is 3. The van der Waals surface area contributed by atoms with E-state index in [0.29, 0.717) is 6.61 Å². The Labute approximate surface area is 222 Å². The van der Waals surface area contributed by atoms with Crippen LogP contribution in [0.25, 0.3) is 0 Å². The van der Waals surface area contributed by atoms with Crippen molar-refractivity contribution in [3.05, 3.63) is 64.3 Å². The standard InChI is InChI=1S/C26H26ClF3N4O4/c1-15(32)19(12-33-21-10-17(26(28,29)30)5-7-20(21)27)24(37)34(13-23(35)36)18-6-8-22(16(9-18)11-31)38-14-25(2,3)4/h5-10,12,32-33H,13-14H2,1-4H3,(H,35,36)/p+1/b19-12+,32-15?. The smallest absolute Gasteiger partial charge is 0.416 e. The number of rotatable bonds is 9. The molecule has 0 radical (unpaired) electrons. The molecule has 0 atom stereocenters. The highest BCUT2D eigenvalue weighted by atomic mass is 35.5. The van der Waals surface area contributed by atoms with Gasteiger partial charge in [-0.25, -0.2) is 0 Å². The van der Waals surface area contributed by atoms with Gasteiger partial charge in [-0.3, -0.25) is 19.8 Å². The van der Waals surface area contributed by atoms with Crippen LogP contribution < -0.4 is 15.0 Å². The van der Waals surface area contributed by atoms with Gasteiger partial charge in [-0.05, 0) is 42.7 Å². The highest BCUT2D eigenvalue weighted by molar-refractivity contribution is 6.32. The van der Waals surface area contributed by atoms with Crippen molar-refractivity contribution in [2.45, 2.75) is 33.9 Å². The van der Waals surface area contributed by atoms with Gasteiger partial charge in [-0.2, -0.15) is 18.4 Å². The van der Waals surface area contributed by atoms with E-state index in [2.05, 4.69) is 0 Å². The number of benzene rings is 2.